The Hall–Kier alpha value is -2.24. The summed E-state index contributed by atoms with van der Waals surface area (Å²) in [7, 11) is 0. The van der Waals surface area contributed by atoms with Gasteiger partial charge in [0.25, 0.3) is 6.04 Å². The molecule has 0 unspecified atom stereocenters. The van der Waals surface area contributed by atoms with Crippen molar-refractivity contribution >= 4 is 0 Å². The van der Waals surface area contributed by atoms with Crippen molar-refractivity contribution in [3.05, 3.63) is 81.9 Å². The summed E-state index contributed by atoms with van der Waals surface area (Å²) in [5.41, 5.74) is 0.661. The number of nitro groups is 1. The first kappa shape index (κ1) is 16.6. The van der Waals surface area contributed by atoms with Gasteiger partial charge < -0.3 is 5.11 Å². The minimum atomic E-state index is -1.32. The van der Waals surface area contributed by atoms with Gasteiger partial charge >= 0.3 is 0 Å². The van der Waals surface area contributed by atoms with Crippen LogP contribution >= 0.6 is 0 Å². The Labute approximate surface area is 141 Å². The summed E-state index contributed by atoms with van der Waals surface area (Å²) in [5, 5.41) is 22.4. The molecule has 5 nitrogen and oxygen atoms in total. The second-order valence-electron chi connectivity index (χ2n) is 6.65. The molecule has 24 heavy (non-hydrogen) atoms. The maximum atomic E-state index is 11.8. The van der Waals surface area contributed by atoms with E-state index in [1.807, 2.05) is 60.7 Å². The average Bonchev–Trinajstić information content (AvgIpc) is 2.57. The zero-order valence-corrected chi connectivity index (χ0v) is 13.7. The zero-order valence-electron chi connectivity index (χ0n) is 13.7. The molecule has 0 aromatic heterocycles. The monoisotopic (exact) mass is 326 g/mol. The first-order chi connectivity index (χ1) is 11.5. The fourth-order valence-corrected chi connectivity index (χ4v) is 3.58. The van der Waals surface area contributed by atoms with Crippen LogP contribution in [0.15, 0.2) is 60.7 Å². The highest BCUT2D eigenvalue weighted by Crippen LogP contribution is 2.39. The summed E-state index contributed by atoms with van der Waals surface area (Å²) >= 11 is 0. The van der Waals surface area contributed by atoms with Gasteiger partial charge in [-0.25, -0.2) is 0 Å². The molecular weight excluding hydrogens is 304 g/mol. The van der Waals surface area contributed by atoms with Crippen molar-refractivity contribution in [1.29, 1.82) is 0 Å². The van der Waals surface area contributed by atoms with E-state index in [2.05, 4.69) is 4.90 Å². The summed E-state index contributed by atoms with van der Waals surface area (Å²) in [6, 6.07) is 17.9. The van der Waals surface area contributed by atoms with Gasteiger partial charge in [-0.05, 0) is 24.5 Å². The van der Waals surface area contributed by atoms with E-state index in [0.717, 1.165) is 11.1 Å². The number of rotatable bonds is 4. The molecule has 126 valence electrons. The maximum Gasteiger partial charge on any atom is 0.260 e. The molecule has 0 aliphatic carbocycles. The van der Waals surface area contributed by atoms with Crippen LogP contribution in [0.2, 0.25) is 0 Å². The molecule has 2 aromatic rings. The standard InChI is InChI=1S/C19H22N2O3/c1-19(22)12-13-20(14-15-8-4-2-5-9-15)17(18(19)21(23)24)16-10-6-3-7-11-16/h2-11,17-18,22H,12-14H2,1H3/t17-,18-,19-/m0/s1. The molecule has 3 rings (SSSR count). The molecule has 0 saturated carbocycles. The van der Waals surface area contributed by atoms with E-state index in [1.165, 1.54) is 0 Å². The lowest BCUT2D eigenvalue weighted by atomic mass is 9.80. The lowest BCUT2D eigenvalue weighted by Gasteiger charge is -2.44. The lowest BCUT2D eigenvalue weighted by molar-refractivity contribution is -0.558. The molecule has 1 heterocycles. The highest BCUT2D eigenvalue weighted by molar-refractivity contribution is 5.24. The van der Waals surface area contributed by atoms with E-state index >= 15 is 0 Å². The number of benzene rings is 2. The van der Waals surface area contributed by atoms with Gasteiger partial charge in [0, 0.05) is 18.0 Å². The second-order valence-corrected chi connectivity index (χ2v) is 6.65. The van der Waals surface area contributed by atoms with E-state index in [9.17, 15) is 15.2 Å². The molecule has 1 N–H and O–H groups in total. The highest BCUT2D eigenvalue weighted by Gasteiger charge is 2.53. The third-order valence-electron chi connectivity index (χ3n) is 4.83. The number of hydrogen-bond donors (Lipinski definition) is 1. The molecule has 0 spiro atoms. The van der Waals surface area contributed by atoms with E-state index in [4.69, 9.17) is 0 Å². The van der Waals surface area contributed by atoms with Crippen molar-refractivity contribution in [3.8, 4) is 0 Å². The Morgan fingerprint density at radius 1 is 1.17 bits per heavy atom. The molecule has 1 aliphatic rings. The Morgan fingerprint density at radius 3 is 2.33 bits per heavy atom. The number of nitrogens with zero attached hydrogens (tertiary/aromatic N) is 2. The fraction of sp³-hybridized carbons (Fsp3) is 0.368. The minimum Gasteiger partial charge on any atom is -0.383 e. The van der Waals surface area contributed by atoms with Gasteiger partial charge in [-0.3, -0.25) is 15.0 Å². The topological polar surface area (TPSA) is 66.6 Å². The van der Waals surface area contributed by atoms with Crippen LogP contribution in [0.25, 0.3) is 0 Å². The minimum absolute atomic E-state index is 0.325. The summed E-state index contributed by atoms with van der Waals surface area (Å²) < 4.78 is 0. The second kappa shape index (κ2) is 6.71. The lowest BCUT2D eigenvalue weighted by Crippen LogP contribution is -2.58. The van der Waals surface area contributed by atoms with Gasteiger partial charge in [0.05, 0.1) is 0 Å². The quantitative estimate of drug-likeness (QED) is 0.693. The van der Waals surface area contributed by atoms with E-state index in [-0.39, 0.29) is 4.92 Å². The number of likely N-dealkylation sites (tertiary alicyclic amines) is 1. The van der Waals surface area contributed by atoms with Gasteiger partial charge in [-0.2, -0.15) is 0 Å². The first-order valence-electron chi connectivity index (χ1n) is 8.18. The molecule has 3 atom stereocenters. The normalized spacial score (nSPS) is 27.8. The highest BCUT2D eigenvalue weighted by atomic mass is 16.6. The van der Waals surface area contributed by atoms with Gasteiger partial charge in [0.2, 0.25) is 0 Å². The molecule has 1 saturated heterocycles. The zero-order chi connectivity index (χ0) is 17.2. The van der Waals surface area contributed by atoms with Crippen LogP contribution in [0, 0.1) is 10.1 Å². The molecule has 0 radical (unpaired) electrons. The van der Waals surface area contributed by atoms with E-state index < -0.39 is 17.7 Å². The predicted octanol–water partition coefficient (Wildman–Crippen LogP) is 3.03. The van der Waals surface area contributed by atoms with Crippen LogP contribution in [-0.4, -0.2) is 33.1 Å². The molecule has 1 fully saturated rings. The molecule has 0 bridgehead atoms. The average molecular weight is 326 g/mol. The van der Waals surface area contributed by atoms with Crippen LogP contribution in [-0.2, 0) is 6.54 Å². The van der Waals surface area contributed by atoms with Crippen molar-refractivity contribution in [1.82, 2.24) is 4.90 Å². The van der Waals surface area contributed by atoms with Crippen LogP contribution in [0.3, 0.4) is 0 Å². The Morgan fingerprint density at radius 2 is 1.75 bits per heavy atom. The van der Waals surface area contributed by atoms with Crippen molar-refractivity contribution in [2.45, 2.75) is 37.6 Å². The fourth-order valence-electron chi connectivity index (χ4n) is 3.58. The summed E-state index contributed by atoms with van der Waals surface area (Å²) in [5.74, 6) is 0. The van der Waals surface area contributed by atoms with Crippen LogP contribution in [0.5, 0.6) is 0 Å². The molecule has 0 amide bonds. The Kier molecular flexibility index (Phi) is 4.64. The van der Waals surface area contributed by atoms with Gasteiger partial charge in [0.1, 0.15) is 11.6 Å². The summed E-state index contributed by atoms with van der Waals surface area (Å²) in [6.45, 7) is 2.82. The number of hydrogen-bond acceptors (Lipinski definition) is 4. The molecule has 5 heteroatoms. The van der Waals surface area contributed by atoms with Crippen LogP contribution in [0.4, 0.5) is 0 Å². The van der Waals surface area contributed by atoms with Gasteiger partial charge in [-0.1, -0.05) is 60.7 Å². The van der Waals surface area contributed by atoms with Crippen molar-refractivity contribution in [2.75, 3.05) is 6.54 Å². The SMILES string of the molecule is C[C@]1(O)CCN(Cc2ccccc2)[C@@H](c2ccccc2)[C@@H]1[N+](=O)[O-]. The van der Waals surface area contributed by atoms with Crippen molar-refractivity contribution < 1.29 is 10.0 Å². The first-order valence-corrected chi connectivity index (χ1v) is 8.18. The van der Waals surface area contributed by atoms with E-state index in [0.29, 0.717) is 19.5 Å². The van der Waals surface area contributed by atoms with Crippen molar-refractivity contribution in [2.24, 2.45) is 0 Å². The third-order valence-corrected chi connectivity index (χ3v) is 4.83. The molecule has 1 aliphatic heterocycles. The van der Waals surface area contributed by atoms with E-state index in [1.54, 1.807) is 6.92 Å². The maximum absolute atomic E-state index is 11.8. The Bertz CT molecular complexity index is 688. The molecule has 2 aromatic carbocycles. The number of aliphatic hydroxyl groups is 1. The summed E-state index contributed by atoms with van der Waals surface area (Å²) in [6.07, 6.45) is 0.384. The number of piperidine rings is 1. The Balaban J connectivity index is 1.99. The molecular formula is C19H22N2O3. The smallest absolute Gasteiger partial charge is 0.260 e. The van der Waals surface area contributed by atoms with Crippen LogP contribution in [0.1, 0.15) is 30.5 Å². The van der Waals surface area contributed by atoms with Crippen LogP contribution < -0.4 is 0 Å². The van der Waals surface area contributed by atoms with Gasteiger partial charge in [0.15, 0.2) is 0 Å². The van der Waals surface area contributed by atoms with Gasteiger partial charge in [-0.15, -0.1) is 0 Å². The summed E-state index contributed by atoms with van der Waals surface area (Å²) in [4.78, 5) is 13.6. The predicted molar refractivity (Wildman–Crippen MR) is 92.1 cm³/mol. The van der Waals surface area contributed by atoms with Crippen molar-refractivity contribution in [3.63, 3.8) is 0 Å². The largest absolute Gasteiger partial charge is 0.383 e. The third kappa shape index (κ3) is 3.32.